The van der Waals surface area contributed by atoms with Gasteiger partial charge in [-0.05, 0) is 19.9 Å². The molecule has 20 heavy (non-hydrogen) atoms. The first kappa shape index (κ1) is 15.3. The number of methoxy groups -OCH3 is 2. The number of hydrogen-bond acceptors (Lipinski definition) is 3. The summed E-state index contributed by atoms with van der Waals surface area (Å²) >= 11 is 0. The molecule has 3 heteroatoms. The van der Waals surface area contributed by atoms with Crippen molar-refractivity contribution >= 4 is 0 Å². The van der Waals surface area contributed by atoms with Gasteiger partial charge in [-0.15, -0.1) is 0 Å². The van der Waals surface area contributed by atoms with Crippen molar-refractivity contribution < 1.29 is 14.2 Å². The second-order valence-electron chi connectivity index (χ2n) is 6.64. The topological polar surface area (TPSA) is 27.7 Å². The van der Waals surface area contributed by atoms with E-state index >= 15 is 0 Å². The van der Waals surface area contributed by atoms with Gasteiger partial charge in [-0.25, -0.2) is 0 Å². The summed E-state index contributed by atoms with van der Waals surface area (Å²) in [7, 11) is 3.48. The number of para-hydroxylation sites is 1. The number of ether oxygens (including phenoxy) is 3. The number of hydrogen-bond donors (Lipinski definition) is 0. The van der Waals surface area contributed by atoms with Gasteiger partial charge in [0, 0.05) is 24.0 Å². The van der Waals surface area contributed by atoms with Gasteiger partial charge in [0.25, 0.3) is 0 Å². The average Bonchev–Trinajstić information content (AvgIpc) is 2.38. The van der Waals surface area contributed by atoms with Crippen molar-refractivity contribution in [3.05, 3.63) is 29.8 Å². The molecule has 2 unspecified atom stereocenters. The fraction of sp³-hybridized carbons (Fsp3) is 0.647. The average molecular weight is 278 g/mol. The van der Waals surface area contributed by atoms with Crippen molar-refractivity contribution in [1.29, 1.82) is 0 Å². The first-order chi connectivity index (χ1) is 9.34. The molecule has 2 rings (SSSR count). The highest BCUT2D eigenvalue weighted by atomic mass is 16.5. The Bertz CT molecular complexity index is 465. The molecule has 0 radical (unpaired) electrons. The van der Waals surface area contributed by atoms with Crippen LogP contribution in [0.15, 0.2) is 24.3 Å². The van der Waals surface area contributed by atoms with E-state index in [2.05, 4.69) is 39.8 Å². The third-order valence-corrected chi connectivity index (χ3v) is 4.61. The van der Waals surface area contributed by atoms with Crippen LogP contribution in [0.5, 0.6) is 5.75 Å². The van der Waals surface area contributed by atoms with Crippen LogP contribution in [0.2, 0.25) is 0 Å². The predicted octanol–water partition coefficient (Wildman–Crippen LogP) is 3.63. The summed E-state index contributed by atoms with van der Waals surface area (Å²) in [6.45, 7) is 9.43. The molecular weight excluding hydrogens is 252 g/mol. The highest BCUT2D eigenvalue weighted by Gasteiger charge is 2.52. The van der Waals surface area contributed by atoms with Crippen LogP contribution >= 0.6 is 0 Å². The fourth-order valence-corrected chi connectivity index (χ4v) is 3.72. The van der Waals surface area contributed by atoms with Gasteiger partial charge in [0.1, 0.15) is 5.75 Å². The minimum Gasteiger partial charge on any atom is -0.496 e. The van der Waals surface area contributed by atoms with Crippen LogP contribution in [0, 0.1) is 5.41 Å². The molecule has 0 saturated carbocycles. The molecule has 0 amide bonds. The first-order valence-corrected chi connectivity index (χ1v) is 7.14. The van der Waals surface area contributed by atoms with E-state index in [1.54, 1.807) is 14.2 Å². The van der Waals surface area contributed by atoms with Gasteiger partial charge in [-0.1, -0.05) is 32.0 Å². The highest BCUT2D eigenvalue weighted by Crippen LogP contribution is 2.52. The van der Waals surface area contributed by atoms with E-state index in [1.807, 2.05) is 12.1 Å². The second-order valence-corrected chi connectivity index (χ2v) is 6.64. The minimum absolute atomic E-state index is 0.0366. The van der Waals surface area contributed by atoms with Crippen LogP contribution in [-0.2, 0) is 9.47 Å². The molecule has 0 N–H and O–H groups in total. The summed E-state index contributed by atoms with van der Waals surface area (Å²) in [6.07, 6.45) is 0.0745. The van der Waals surface area contributed by atoms with Crippen LogP contribution in [0.3, 0.4) is 0 Å². The molecule has 0 bridgehead atoms. The number of benzene rings is 1. The molecule has 0 aromatic heterocycles. The zero-order valence-corrected chi connectivity index (χ0v) is 13.4. The quantitative estimate of drug-likeness (QED) is 0.845. The van der Waals surface area contributed by atoms with Gasteiger partial charge < -0.3 is 14.2 Å². The van der Waals surface area contributed by atoms with E-state index in [0.717, 1.165) is 5.75 Å². The Labute approximate surface area is 122 Å². The van der Waals surface area contributed by atoms with Crippen LogP contribution in [0.25, 0.3) is 0 Å². The van der Waals surface area contributed by atoms with E-state index in [4.69, 9.17) is 14.2 Å². The molecule has 0 spiro atoms. The lowest BCUT2D eigenvalue weighted by Crippen LogP contribution is -2.55. The molecule has 1 aromatic carbocycles. The van der Waals surface area contributed by atoms with E-state index in [-0.39, 0.29) is 23.0 Å². The first-order valence-electron chi connectivity index (χ1n) is 7.14. The molecule has 1 aromatic rings. The molecule has 1 aliphatic heterocycles. The van der Waals surface area contributed by atoms with E-state index < -0.39 is 0 Å². The van der Waals surface area contributed by atoms with E-state index in [9.17, 15) is 0 Å². The standard InChI is InChI=1S/C17H26O3/c1-16(2)14(19-6)11-20-17(3,4)15(16)12-9-7-8-10-13(12)18-5/h7-10,14-15H,11H2,1-6H3. The molecule has 1 aliphatic rings. The smallest absolute Gasteiger partial charge is 0.122 e. The lowest BCUT2D eigenvalue weighted by molar-refractivity contribution is -0.186. The zero-order valence-electron chi connectivity index (χ0n) is 13.4. The van der Waals surface area contributed by atoms with Gasteiger partial charge in [-0.3, -0.25) is 0 Å². The maximum absolute atomic E-state index is 6.09. The van der Waals surface area contributed by atoms with Gasteiger partial charge in [-0.2, -0.15) is 0 Å². The maximum atomic E-state index is 6.09. The molecule has 1 saturated heterocycles. The molecule has 3 nitrogen and oxygen atoms in total. The van der Waals surface area contributed by atoms with E-state index in [1.165, 1.54) is 5.56 Å². The Morgan fingerprint density at radius 1 is 1.10 bits per heavy atom. The van der Waals surface area contributed by atoms with E-state index in [0.29, 0.717) is 6.61 Å². The van der Waals surface area contributed by atoms with Crippen LogP contribution in [-0.4, -0.2) is 32.5 Å². The van der Waals surface area contributed by atoms with Crippen LogP contribution in [0.1, 0.15) is 39.2 Å². The van der Waals surface area contributed by atoms with Crippen molar-refractivity contribution in [2.24, 2.45) is 5.41 Å². The van der Waals surface area contributed by atoms with Gasteiger partial charge in [0.05, 0.1) is 25.4 Å². The summed E-state index contributed by atoms with van der Waals surface area (Å²) < 4.78 is 17.3. The molecule has 1 fully saturated rings. The van der Waals surface area contributed by atoms with Crippen molar-refractivity contribution in [3.8, 4) is 5.75 Å². The van der Waals surface area contributed by atoms with Gasteiger partial charge in [0.15, 0.2) is 0 Å². The summed E-state index contributed by atoms with van der Waals surface area (Å²) in [5.74, 6) is 1.11. The summed E-state index contributed by atoms with van der Waals surface area (Å²) in [4.78, 5) is 0. The van der Waals surface area contributed by atoms with Crippen molar-refractivity contribution in [2.45, 2.75) is 45.3 Å². The minimum atomic E-state index is -0.257. The Morgan fingerprint density at radius 2 is 1.75 bits per heavy atom. The maximum Gasteiger partial charge on any atom is 0.122 e. The monoisotopic (exact) mass is 278 g/mol. The summed E-state index contributed by atoms with van der Waals surface area (Å²) in [5, 5.41) is 0. The van der Waals surface area contributed by atoms with Crippen molar-refractivity contribution in [2.75, 3.05) is 20.8 Å². The van der Waals surface area contributed by atoms with Crippen LogP contribution < -0.4 is 4.74 Å². The second kappa shape index (κ2) is 5.38. The highest BCUT2D eigenvalue weighted by molar-refractivity contribution is 5.39. The summed E-state index contributed by atoms with van der Waals surface area (Å²) in [5.41, 5.74) is 0.893. The fourth-order valence-electron chi connectivity index (χ4n) is 3.72. The predicted molar refractivity (Wildman–Crippen MR) is 80.3 cm³/mol. The van der Waals surface area contributed by atoms with Gasteiger partial charge in [0.2, 0.25) is 0 Å². The molecule has 112 valence electrons. The SMILES string of the molecule is COc1ccccc1C1C(C)(C)OCC(OC)C1(C)C. The molecular formula is C17H26O3. The molecule has 2 atom stereocenters. The lowest BCUT2D eigenvalue weighted by Gasteiger charge is -2.52. The normalized spacial score (nSPS) is 28.1. The Hall–Kier alpha value is -1.06. The summed E-state index contributed by atoms with van der Waals surface area (Å²) in [6, 6.07) is 8.20. The van der Waals surface area contributed by atoms with Crippen LogP contribution in [0.4, 0.5) is 0 Å². The largest absolute Gasteiger partial charge is 0.496 e. The van der Waals surface area contributed by atoms with Crippen molar-refractivity contribution in [3.63, 3.8) is 0 Å². The Kier molecular flexibility index (Phi) is 4.12. The zero-order chi connectivity index (χ0) is 15.0. The van der Waals surface area contributed by atoms with Gasteiger partial charge >= 0.3 is 0 Å². The Morgan fingerprint density at radius 3 is 2.35 bits per heavy atom. The third-order valence-electron chi connectivity index (χ3n) is 4.61. The van der Waals surface area contributed by atoms with Crippen molar-refractivity contribution in [1.82, 2.24) is 0 Å². The Balaban J connectivity index is 2.53. The molecule has 0 aliphatic carbocycles. The third kappa shape index (κ3) is 2.45. The molecule has 1 heterocycles. The lowest BCUT2D eigenvalue weighted by atomic mass is 9.62. The number of rotatable bonds is 3.